The number of ether oxygens (including phenoxy) is 1. The number of sulfone groups is 1. The van der Waals surface area contributed by atoms with Crippen molar-refractivity contribution in [2.75, 3.05) is 6.26 Å². The Balaban J connectivity index is 2.10. The minimum atomic E-state index is -3.21. The van der Waals surface area contributed by atoms with Crippen LogP contribution in [0.2, 0.25) is 0 Å². The van der Waals surface area contributed by atoms with Crippen molar-refractivity contribution in [3.8, 4) is 5.75 Å². The quantitative estimate of drug-likeness (QED) is 0.838. The normalized spacial score (nSPS) is 11.3. The third kappa shape index (κ3) is 3.58. The van der Waals surface area contributed by atoms with Gasteiger partial charge < -0.3 is 4.74 Å². The molecule has 0 heterocycles. The summed E-state index contributed by atoms with van der Waals surface area (Å²) in [5.74, 6) is 0.173. The number of hydrogen-bond acceptors (Lipinski definition) is 3. The van der Waals surface area contributed by atoms with Gasteiger partial charge in [0.2, 0.25) is 0 Å². The average molecular weight is 359 g/mol. The van der Waals surface area contributed by atoms with Crippen LogP contribution in [-0.2, 0) is 16.4 Å². The van der Waals surface area contributed by atoms with E-state index in [2.05, 4.69) is 15.9 Å². The van der Waals surface area contributed by atoms with Crippen LogP contribution in [0.5, 0.6) is 5.75 Å². The lowest BCUT2D eigenvalue weighted by Crippen LogP contribution is -1.99. The molecule has 0 fully saturated rings. The first-order valence-corrected chi connectivity index (χ1v) is 8.42. The molecule has 0 aliphatic heterocycles. The van der Waals surface area contributed by atoms with E-state index in [1.807, 2.05) is 0 Å². The Morgan fingerprint density at radius 3 is 2.40 bits per heavy atom. The van der Waals surface area contributed by atoms with Crippen LogP contribution in [0, 0.1) is 5.82 Å². The molecular formula is C14H12BrFO3S. The van der Waals surface area contributed by atoms with E-state index in [4.69, 9.17) is 4.74 Å². The van der Waals surface area contributed by atoms with Gasteiger partial charge in [-0.3, -0.25) is 0 Å². The third-order valence-corrected chi connectivity index (χ3v) is 4.69. The zero-order valence-corrected chi connectivity index (χ0v) is 13.0. The molecule has 0 aliphatic carbocycles. The van der Waals surface area contributed by atoms with Crippen molar-refractivity contribution in [3.05, 3.63) is 58.3 Å². The van der Waals surface area contributed by atoms with E-state index in [0.717, 1.165) is 6.26 Å². The molecule has 0 N–H and O–H groups in total. The summed E-state index contributed by atoms with van der Waals surface area (Å²) in [4.78, 5) is 0.233. The fraction of sp³-hybridized carbons (Fsp3) is 0.143. The van der Waals surface area contributed by atoms with Crippen LogP contribution in [0.3, 0.4) is 0 Å². The van der Waals surface area contributed by atoms with Gasteiger partial charge in [-0.2, -0.15) is 0 Å². The summed E-state index contributed by atoms with van der Waals surface area (Å²) >= 11 is 3.16. The molecule has 0 atom stereocenters. The van der Waals surface area contributed by atoms with Crippen molar-refractivity contribution in [1.29, 1.82) is 0 Å². The Labute approximate surface area is 125 Å². The summed E-state index contributed by atoms with van der Waals surface area (Å²) in [6.45, 7) is 0.191. The van der Waals surface area contributed by atoms with Crippen molar-refractivity contribution < 1.29 is 17.5 Å². The molecule has 6 heteroatoms. The second-order valence-electron chi connectivity index (χ2n) is 4.25. The molecule has 0 saturated carbocycles. The number of halogens is 2. The highest BCUT2D eigenvalue weighted by atomic mass is 79.9. The maximum Gasteiger partial charge on any atom is 0.175 e. The molecule has 20 heavy (non-hydrogen) atoms. The van der Waals surface area contributed by atoms with Crippen LogP contribution in [-0.4, -0.2) is 14.7 Å². The van der Waals surface area contributed by atoms with Crippen molar-refractivity contribution in [1.82, 2.24) is 0 Å². The van der Waals surface area contributed by atoms with Gasteiger partial charge in [0.1, 0.15) is 18.2 Å². The Hall–Kier alpha value is -1.40. The van der Waals surface area contributed by atoms with E-state index in [0.29, 0.717) is 15.8 Å². The molecule has 106 valence electrons. The zero-order valence-electron chi connectivity index (χ0n) is 10.6. The smallest absolute Gasteiger partial charge is 0.175 e. The highest BCUT2D eigenvalue weighted by Gasteiger charge is 2.08. The summed E-state index contributed by atoms with van der Waals surface area (Å²) in [5.41, 5.74) is 0.678. The molecule has 0 radical (unpaired) electrons. The Kier molecular flexibility index (Phi) is 4.45. The zero-order chi connectivity index (χ0) is 14.8. The van der Waals surface area contributed by atoms with Crippen molar-refractivity contribution in [2.24, 2.45) is 0 Å². The predicted octanol–water partition coefficient (Wildman–Crippen LogP) is 3.57. The van der Waals surface area contributed by atoms with Gasteiger partial charge in [0.15, 0.2) is 9.84 Å². The molecule has 0 bridgehead atoms. The topological polar surface area (TPSA) is 43.4 Å². The van der Waals surface area contributed by atoms with Crippen LogP contribution < -0.4 is 4.74 Å². The van der Waals surface area contributed by atoms with Crippen LogP contribution in [0.1, 0.15) is 5.56 Å². The lowest BCUT2D eigenvalue weighted by Gasteiger charge is -2.09. The Bertz CT molecular complexity index is 712. The fourth-order valence-electron chi connectivity index (χ4n) is 1.60. The summed E-state index contributed by atoms with van der Waals surface area (Å²) in [6, 6.07) is 10.8. The minimum Gasteiger partial charge on any atom is -0.489 e. The number of rotatable bonds is 4. The van der Waals surface area contributed by atoms with Gasteiger partial charge in [-0.15, -0.1) is 0 Å². The monoisotopic (exact) mass is 358 g/mol. The van der Waals surface area contributed by atoms with Crippen molar-refractivity contribution in [3.63, 3.8) is 0 Å². The maximum atomic E-state index is 13.3. The van der Waals surface area contributed by atoms with E-state index in [1.165, 1.54) is 18.2 Å². The van der Waals surface area contributed by atoms with Gasteiger partial charge in [-0.1, -0.05) is 12.1 Å². The third-order valence-electron chi connectivity index (χ3n) is 2.68. The summed E-state index contributed by atoms with van der Waals surface area (Å²) in [5, 5.41) is 0. The molecule has 0 saturated heterocycles. The van der Waals surface area contributed by atoms with Gasteiger partial charge in [-0.25, -0.2) is 12.8 Å². The Morgan fingerprint density at radius 1 is 1.15 bits per heavy atom. The SMILES string of the molecule is CS(=O)(=O)c1ccc(OCc2cccc(F)c2Br)cc1. The minimum absolute atomic E-state index is 0.191. The van der Waals surface area contributed by atoms with Gasteiger partial charge in [0.05, 0.1) is 9.37 Å². The highest BCUT2D eigenvalue weighted by Crippen LogP contribution is 2.23. The van der Waals surface area contributed by atoms with Crippen LogP contribution in [0.4, 0.5) is 4.39 Å². The first-order valence-electron chi connectivity index (χ1n) is 5.74. The summed E-state index contributed by atoms with van der Waals surface area (Å²) in [6.07, 6.45) is 1.15. The molecule has 0 spiro atoms. The van der Waals surface area contributed by atoms with E-state index < -0.39 is 9.84 Å². The van der Waals surface area contributed by atoms with Gasteiger partial charge in [0.25, 0.3) is 0 Å². The standard InChI is InChI=1S/C14H12BrFO3S/c1-20(17,18)12-7-5-11(6-8-12)19-9-10-3-2-4-13(16)14(10)15/h2-8H,9H2,1H3. The van der Waals surface area contributed by atoms with Gasteiger partial charge in [-0.05, 0) is 46.3 Å². The maximum absolute atomic E-state index is 13.3. The number of hydrogen-bond donors (Lipinski definition) is 0. The molecule has 0 amide bonds. The summed E-state index contributed by atoms with van der Waals surface area (Å²) in [7, 11) is -3.21. The van der Waals surface area contributed by atoms with Crippen molar-refractivity contribution >= 4 is 25.8 Å². The van der Waals surface area contributed by atoms with E-state index in [-0.39, 0.29) is 17.3 Å². The van der Waals surface area contributed by atoms with Gasteiger partial charge in [0, 0.05) is 11.8 Å². The summed E-state index contributed by atoms with van der Waals surface area (Å²) < 4.78 is 41.8. The molecule has 0 aromatic heterocycles. The van der Waals surface area contributed by atoms with E-state index in [9.17, 15) is 12.8 Å². The second-order valence-corrected chi connectivity index (χ2v) is 7.05. The molecule has 2 rings (SSSR count). The predicted molar refractivity (Wildman–Crippen MR) is 78.0 cm³/mol. The van der Waals surface area contributed by atoms with Crippen LogP contribution in [0.25, 0.3) is 0 Å². The second kappa shape index (κ2) is 5.93. The molecule has 0 aliphatic rings. The van der Waals surface area contributed by atoms with E-state index in [1.54, 1.807) is 24.3 Å². The fourth-order valence-corrected chi connectivity index (χ4v) is 2.61. The van der Waals surface area contributed by atoms with Crippen LogP contribution >= 0.6 is 15.9 Å². The lowest BCUT2D eigenvalue weighted by atomic mass is 10.2. The largest absolute Gasteiger partial charge is 0.489 e. The number of benzene rings is 2. The molecule has 2 aromatic rings. The highest BCUT2D eigenvalue weighted by molar-refractivity contribution is 9.10. The first kappa shape index (κ1) is 15.0. The molecule has 3 nitrogen and oxygen atoms in total. The molecule has 2 aromatic carbocycles. The van der Waals surface area contributed by atoms with Crippen molar-refractivity contribution in [2.45, 2.75) is 11.5 Å². The average Bonchev–Trinajstić information content (AvgIpc) is 2.40. The van der Waals surface area contributed by atoms with Gasteiger partial charge >= 0.3 is 0 Å². The Morgan fingerprint density at radius 2 is 1.80 bits per heavy atom. The lowest BCUT2D eigenvalue weighted by molar-refractivity contribution is 0.304. The molecular weight excluding hydrogens is 347 g/mol. The van der Waals surface area contributed by atoms with E-state index >= 15 is 0 Å². The van der Waals surface area contributed by atoms with Crippen LogP contribution in [0.15, 0.2) is 51.8 Å². The first-order chi connectivity index (χ1) is 9.38. The molecule has 0 unspecified atom stereocenters.